The Morgan fingerprint density at radius 3 is 2.45 bits per heavy atom. The van der Waals surface area contributed by atoms with Gasteiger partial charge in [-0.1, -0.05) is 42.5 Å². The number of nitrogens with zero attached hydrogens (tertiary/aromatic N) is 2. The molecule has 1 aliphatic carbocycles. The van der Waals surface area contributed by atoms with Gasteiger partial charge in [-0.2, -0.15) is 0 Å². The minimum atomic E-state index is -0.0290. The molecule has 0 spiro atoms. The van der Waals surface area contributed by atoms with Gasteiger partial charge in [-0.25, -0.2) is 0 Å². The van der Waals surface area contributed by atoms with Crippen LogP contribution in [0.1, 0.15) is 36.4 Å². The maximum Gasteiger partial charge on any atom is 0.236 e. The van der Waals surface area contributed by atoms with Crippen molar-refractivity contribution in [3.05, 3.63) is 65.7 Å². The highest BCUT2D eigenvalue weighted by molar-refractivity contribution is 5.92. The summed E-state index contributed by atoms with van der Waals surface area (Å²) in [5, 5.41) is 2.98. The molecule has 1 N–H and O–H groups in total. The third kappa shape index (κ3) is 4.51. The van der Waals surface area contributed by atoms with Crippen molar-refractivity contribution in [3.8, 4) is 0 Å². The van der Waals surface area contributed by atoms with E-state index in [0.717, 1.165) is 31.4 Å². The number of nitrogens with one attached hydrogen (secondary N) is 1. The minimum absolute atomic E-state index is 0.0290. The lowest BCUT2D eigenvalue weighted by Gasteiger charge is -2.33. The number of carbonyl (C=O) groups excluding carboxylic acids is 2. The van der Waals surface area contributed by atoms with E-state index < -0.39 is 0 Å². The van der Waals surface area contributed by atoms with Crippen LogP contribution in [0, 0.1) is 5.92 Å². The molecule has 1 unspecified atom stereocenters. The third-order valence-corrected chi connectivity index (χ3v) is 6.28. The highest BCUT2D eigenvalue weighted by Crippen LogP contribution is 2.34. The number of likely N-dealkylation sites (tertiary alicyclic amines) is 1. The Morgan fingerprint density at radius 1 is 1.00 bits per heavy atom. The van der Waals surface area contributed by atoms with Crippen LogP contribution in [0.4, 0.5) is 5.69 Å². The maximum atomic E-state index is 12.8. The second-order valence-electron chi connectivity index (χ2n) is 8.18. The van der Waals surface area contributed by atoms with E-state index in [-0.39, 0.29) is 17.7 Å². The summed E-state index contributed by atoms with van der Waals surface area (Å²) in [5.74, 6) is 0.195. The Hall–Kier alpha value is -2.66. The van der Waals surface area contributed by atoms with Gasteiger partial charge >= 0.3 is 0 Å². The van der Waals surface area contributed by atoms with Gasteiger partial charge < -0.3 is 10.2 Å². The molecule has 2 aromatic rings. The molecular formula is C24H29N3O2. The van der Waals surface area contributed by atoms with Gasteiger partial charge in [0, 0.05) is 30.7 Å². The molecule has 0 radical (unpaired) electrons. The van der Waals surface area contributed by atoms with Gasteiger partial charge in [-0.15, -0.1) is 0 Å². The fourth-order valence-electron chi connectivity index (χ4n) is 4.57. The lowest BCUT2D eigenvalue weighted by atomic mass is 9.95. The summed E-state index contributed by atoms with van der Waals surface area (Å²) in [4.78, 5) is 29.4. The highest BCUT2D eigenvalue weighted by atomic mass is 16.2. The summed E-state index contributed by atoms with van der Waals surface area (Å²) < 4.78 is 0. The van der Waals surface area contributed by atoms with Crippen LogP contribution in [0.3, 0.4) is 0 Å². The molecule has 2 amide bonds. The third-order valence-electron chi connectivity index (χ3n) is 6.28. The largest absolute Gasteiger partial charge is 0.342 e. The maximum absolute atomic E-state index is 12.8. The second kappa shape index (κ2) is 8.78. The van der Waals surface area contributed by atoms with Crippen LogP contribution in [0.2, 0.25) is 0 Å². The second-order valence-corrected chi connectivity index (χ2v) is 8.18. The number of carbonyl (C=O) groups is 2. The van der Waals surface area contributed by atoms with Gasteiger partial charge in [0.1, 0.15) is 0 Å². The van der Waals surface area contributed by atoms with Crippen molar-refractivity contribution in [2.75, 3.05) is 32.0 Å². The monoisotopic (exact) mass is 391 g/mol. The molecule has 152 valence electrons. The molecule has 1 atom stereocenters. The van der Waals surface area contributed by atoms with Crippen LogP contribution in [0.25, 0.3) is 0 Å². The quantitative estimate of drug-likeness (QED) is 0.849. The lowest BCUT2D eigenvalue weighted by Crippen LogP contribution is -2.45. The molecule has 5 nitrogen and oxygen atoms in total. The molecule has 5 heteroatoms. The zero-order valence-corrected chi connectivity index (χ0v) is 17.0. The standard InChI is InChI=1S/C24H29N3O2/c1-26(22-12-11-18-7-5-6-10-21(18)22)17-23(28)27-15-13-19(14-16-27)24(29)25-20-8-3-2-4-9-20/h2-10,19,22H,11-17H2,1H3,(H,25,29). The van der Waals surface area contributed by atoms with E-state index in [1.165, 1.54) is 11.1 Å². The molecule has 2 aromatic carbocycles. The molecule has 2 aliphatic rings. The summed E-state index contributed by atoms with van der Waals surface area (Å²) in [7, 11) is 2.05. The van der Waals surface area contributed by atoms with E-state index in [9.17, 15) is 9.59 Å². The van der Waals surface area contributed by atoms with Crippen LogP contribution in [-0.2, 0) is 16.0 Å². The normalized spacial score (nSPS) is 19.2. The average molecular weight is 392 g/mol. The Balaban J connectivity index is 1.26. The van der Waals surface area contributed by atoms with Crippen LogP contribution >= 0.6 is 0 Å². The van der Waals surface area contributed by atoms with Gasteiger partial charge in [0.15, 0.2) is 0 Å². The van der Waals surface area contributed by atoms with Crippen LogP contribution in [-0.4, -0.2) is 48.3 Å². The zero-order valence-electron chi connectivity index (χ0n) is 17.0. The first-order valence-corrected chi connectivity index (χ1v) is 10.5. The molecule has 4 rings (SSSR count). The molecule has 1 heterocycles. The summed E-state index contributed by atoms with van der Waals surface area (Å²) in [6.45, 7) is 1.74. The summed E-state index contributed by atoms with van der Waals surface area (Å²) in [5.41, 5.74) is 3.59. The van der Waals surface area contributed by atoms with E-state index >= 15 is 0 Å². The number of rotatable bonds is 5. The number of amides is 2. The summed E-state index contributed by atoms with van der Waals surface area (Å²) in [6.07, 6.45) is 3.60. The number of para-hydroxylation sites is 1. The van der Waals surface area contributed by atoms with Gasteiger partial charge in [0.2, 0.25) is 11.8 Å². The van der Waals surface area contributed by atoms with E-state index in [0.29, 0.717) is 25.7 Å². The van der Waals surface area contributed by atoms with Gasteiger partial charge in [0.05, 0.1) is 6.54 Å². The molecule has 0 saturated carbocycles. The first-order valence-electron chi connectivity index (χ1n) is 10.5. The predicted molar refractivity (Wildman–Crippen MR) is 115 cm³/mol. The molecule has 1 fully saturated rings. The number of fused-ring (bicyclic) bond motifs is 1. The Morgan fingerprint density at radius 2 is 1.69 bits per heavy atom. The van der Waals surface area contributed by atoms with Gasteiger partial charge in [0.25, 0.3) is 0 Å². The van der Waals surface area contributed by atoms with Gasteiger partial charge in [-0.05, 0) is 56.0 Å². The van der Waals surface area contributed by atoms with Crippen LogP contribution < -0.4 is 5.32 Å². The van der Waals surface area contributed by atoms with Crippen molar-refractivity contribution in [1.82, 2.24) is 9.80 Å². The fraction of sp³-hybridized carbons (Fsp3) is 0.417. The lowest BCUT2D eigenvalue weighted by molar-refractivity contribution is -0.135. The molecule has 29 heavy (non-hydrogen) atoms. The van der Waals surface area contributed by atoms with Crippen molar-refractivity contribution in [2.24, 2.45) is 5.92 Å². The first-order chi connectivity index (χ1) is 14.1. The van der Waals surface area contributed by atoms with Gasteiger partial charge in [-0.3, -0.25) is 14.5 Å². The number of piperidine rings is 1. The van der Waals surface area contributed by atoms with Crippen molar-refractivity contribution in [3.63, 3.8) is 0 Å². The predicted octanol–water partition coefficient (Wildman–Crippen LogP) is 3.48. The van der Waals surface area contributed by atoms with E-state index in [1.54, 1.807) is 0 Å². The molecular weight excluding hydrogens is 362 g/mol. The molecule has 1 saturated heterocycles. The molecule has 1 aliphatic heterocycles. The van der Waals surface area contributed by atoms with Crippen LogP contribution in [0.15, 0.2) is 54.6 Å². The summed E-state index contributed by atoms with van der Waals surface area (Å²) >= 11 is 0. The highest BCUT2D eigenvalue weighted by Gasteiger charge is 2.30. The van der Waals surface area contributed by atoms with E-state index in [1.807, 2.05) is 42.3 Å². The average Bonchev–Trinajstić information content (AvgIpc) is 3.19. The van der Waals surface area contributed by atoms with Crippen molar-refractivity contribution >= 4 is 17.5 Å². The van der Waals surface area contributed by atoms with Crippen molar-refractivity contribution < 1.29 is 9.59 Å². The number of aryl methyl sites for hydroxylation is 1. The topological polar surface area (TPSA) is 52.7 Å². The Bertz CT molecular complexity index is 859. The van der Waals surface area contributed by atoms with E-state index in [2.05, 4.69) is 34.5 Å². The summed E-state index contributed by atoms with van der Waals surface area (Å²) in [6, 6.07) is 18.4. The Kier molecular flexibility index (Phi) is 5.95. The number of anilines is 1. The number of likely N-dealkylation sites (N-methyl/N-ethyl adjacent to an activating group) is 1. The minimum Gasteiger partial charge on any atom is -0.342 e. The Labute approximate surface area is 172 Å². The zero-order chi connectivity index (χ0) is 20.2. The number of benzene rings is 2. The van der Waals surface area contributed by atoms with Crippen LogP contribution in [0.5, 0.6) is 0 Å². The molecule has 0 aromatic heterocycles. The first kappa shape index (κ1) is 19.6. The van der Waals surface area contributed by atoms with E-state index in [4.69, 9.17) is 0 Å². The smallest absolute Gasteiger partial charge is 0.236 e. The van der Waals surface area contributed by atoms with Crippen molar-refractivity contribution in [2.45, 2.75) is 31.7 Å². The number of hydrogen-bond donors (Lipinski definition) is 1. The number of hydrogen-bond acceptors (Lipinski definition) is 3. The SMILES string of the molecule is CN(CC(=O)N1CCC(C(=O)Nc2ccccc2)CC1)C1CCc2ccccc21. The fourth-order valence-corrected chi connectivity index (χ4v) is 4.57. The van der Waals surface area contributed by atoms with Crippen molar-refractivity contribution in [1.29, 1.82) is 0 Å². The molecule has 0 bridgehead atoms.